The first kappa shape index (κ1) is 12.9. The van der Waals surface area contributed by atoms with Crippen LogP contribution < -0.4 is 10.0 Å². The lowest BCUT2D eigenvalue weighted by atomic mass is 10.2. The summed E-state index contributed by atoms with van der Waals surface area (Å²) < 4.78 is 2.75. The van der Waals surface area contributed by atoms with Gasteiger partial charge in [0.15, 0.2) is 0 Å². The van der Waals surface area contributed by atoms with E-state index in [2.05, 4.69) is 17.0 Å². The van der Waals surface area contributed by atoms with E-state index in [-0.39, 0.29) is 6.03 Å². The van der Waals surface area contributed by atoms with Gasteiger partial charge in [-0.1, -0.05) is 25.5 Å². The fraction of sp³-hybridized carbons (Fsp3) is 0.417. The van der Waals surface area contributed by atoms with Crippen LogP contribution in [-0.2, 0) is 0 Å². The Hall–Kier alpha value is -1.16. The molecular weight excluding hydrogens is 220 g/mol. The first-order chi connectivity index (χ1) is 7.72. The minimum Gasteiger partial charge on any atom is -0.337 e. The van der Waals surface area contributed by atoms with Crippen LogP contribution in [0.4, 0.5) is 4.79 Å². The van der Waals surface area contributed by atoms with Gasteiger partial charge in [0.25, 0.3) is 0 Å². The molecule has 0 fully saturated rings. The number of carbonyl (C=O) groups is 1. The molecule has 88 valence electrons. The summed E-state index contributed by atoms with van der Waals surface area (Å²) in [6, 6.07) is 7.90. The van der Waals surface area contributed by atoms with Crippen molar-refractivity contribution in [2.75, 3.05) is 6.54 Å². The van der Waals surface area contributed by atoms with Gasteiger partial charge in [0.05, 0.1) is 0 Å². The van der Waals surface area contributed by atoms with Crippen LogP contribution in [0.15, 0.2) is 29.2 Å². The maximum atomic E-state index is 11.3. The van der Waals surface area contributed by atoms with Crippen LogP contribution in [0, 0.1) is 6.92 Å². The van der Waals surface area contributed by atoms with Crippen molar-refractivity contribution in [1.82, 2.24) is 10.0 Å². The van der Waals surface area contributed by atoms with E-state index in [0.29, 0.717) is 0 Å². The van der Waals surface area contributed by atoms with Gasteiger partial charge in [0.1, 0.15) is 0 Å². The van der Waals surface area contributed by atoms with Gasteiger partial charge < -0.3 is 5.32 Å². The molecule has 4 heteroatoms. The number of urea groups is 1. The van der Waals surface area contributed by atoms with Gasteiger partial charge in [-0.3, -0.25) is 4.72 Å². The zero-order chi connectivity index (χ0) is 11.8. The molecule has 0 unspecified atom stereocenters. The fourth-order valence-corrected chi connectivity index (χ4v) is 1.87. The zero-order valence-electron chi connectivity index (χ0n) is 9.75. The third-order valence-electron chi connectivity index (χ3n) is 2.07. The second-order valence-corrected chi connectivity index (χ2v) is 4.51. The quantitative estimate of drug-likeness (QED) is 0.611. The minimum atomic E-state index is -0.125. The number of benzene rings is 1. The predicted molar refractivity (Wildman–Crippen MR) is 68.5 cm³/mol. The molecule has 0 aliphatic heterocycles. The molecule has 0 radical (unpaired) electrons. The van der Waals surface area contributed by atoms with Gasteiger partial charge in [-0.2, -0.15) is 0 Å². The summed E-state index contributed by atoms with van der Waals surface area (Å²) in [5.41, 5.74) is 1.19. The average molecular weight is 238 g/mol. The molecule has 0 bridgehead atoms. The van der Waals surface area contributed by atoms with Crippen LogP contribution in [-0.4, -0.2) is 12.6 Å². The van der Waals surface area contributed by atoms with Crippen molar-refractivity contribution < 1.29 is 4.79 Å². The van der Waals surface area contributed by atoms with E-state index in [4.69, 9.17) is 0 Å². The Morgan fingerprint density at radius 3 is 2.94 bits per heavy atom. The molecule has 0 aliphatic carbocycles. The van der Waals surface area contributed by atoms with E-state index in [0.717, 1.165) is 24.3 Å². The Balaban J connectivity index is 2.26. The molecular formula is C12H18N2OS. The highest BCUT2D eigenvalue weighted by Gasteiger charge is 2.00. The summed E-state index contributed by atoms with van der Waals surface area (Å²) in [6.45, 7) is 4.86. The zero-order valence-corrected chi connectivity index (χ0v) is 10.6. The number of hydrogen-bond acceptors (Lipinski definition) is 2. The Kier molecular flexibility index (Phi) is 5.78. The van der Waals surface area contributed by atoms with Crippen molar-refractivity contribution >= 4 is 18.0 Å². The lowest BCUT2D eigenvalue weighted by Crippen LogP contribution is -2.31. The molecule has 1 rings (SSSR count). The number of nitrogens with one attached hydrogen (secondary N) is 2. The Labute approximate surface area is 101 Å². The molecule has 0 saturated carbocycles. The Morgan fingerprint density at radius 1 is 1.44 bits per heavy atom. The lowest BCUT2D eigenvalue weighted by Gasteiger charge is -2.06. The van der Waals surface area contributed by atoms with Gasteiger partial charge in [0, 0.05) is 11.4 Å². The van der Waals surface area contributed by atoms with E-state index >= 15 is 0 Å². The summed E-state index contributed by atoms with van der Waals surface area (Å²) >= 11 is 1.34. The highest BCUT2D eigenvalue weighted by atomic mass is 32.2. The van der Waals surface area contributed by atoms with E-state index in [1.165, 1.54) is 17.5 Å². The van der Waals surface area contributed by atoms with Gasteiger partial charge >= 0.3 is 6.03 Å². The Morgan fingerprint density at radius 2 is 2.25 bits per heavy atom. The first-order valence-corrected chi connectivity index (χ1v) is 6.31. The topological polar surface area (TPSA) is 41.1 Å². The average Bonchev–Trinajstić information content (AvgIpc) is 2.27. The van der Waals surface area contributed by atoms with E-state index in [1.54, 1.807) is 0 Å². The first-order valence-electron chi connectivity index (χ1n) is 5.49. The van der Waals surface area contributed by atoms with Crippen LogP contribution in [0.5, 0.6) is 0 Å². The van der Waals surface area contributed by atoms with Crippen LogP contribution >= 0.6 is 11.9 Å². The van der Waals surface area contributed by atoms with E-state index in [9.17, 15) is 4.79 Å². The molecule has 0 aromatic heterocycles. The summed E-state index contributed by atoms with van der Waals surface area (Å²) in [5.74, 6) is 0. The smallest absolute Gasteiger partial charge is 0.325 e. The van der Waals surface area contributed by atoms with Crippen molar-refractivity contribution in [3.8, 4) is 0 Å². The second kappa shape index (κ2) is 7.17. The number of aryl methyl sites for hydroxylation is 1. The summed E-state index contributed by atoms with van der Waals surface area (Å²) in [4.78, 5) is 12.4. The number of amides is 2. The number of rotatable bonds is 5. The normalized spacial score (nSPS) is 9.88. The van der Waals surface area contributed by atoms with Gasteiger partial charge in [-0.05, 0) is 43.0 Å². The summed E-state index contributed by atoms with van der Waals surface area (Å²) in [5, 5.41) is 2.80. The maximum absolute atomic E-state index is 11.3. The van der Waals surface area contributed by atoms with Crippen LogP contribution in [0.2, 0.25) is 0 Å². The minimum absolute atomic E-state index is 0.125. The lowest BCUT2D eigenvalue weighted by molar-refractivity contribution is 0.246. The predicted octanol–water partition coefficient (Wildman–Crippen LogP) is 3.10. The van der Waals surface area contributed by atoms with Crippen molar-refractivity contribution in [1.29, 1.82) is 0 Å². The molecule has 1 aromatic carbocycles. The highest BCUT2D eigenvalue weighted by molar-refractivity contribution is 7.98. The maximum Gasteiger partial charge on any atom is 0.325 e. The fourth-order valence-electron chi connectivity index (χ4n) is 1.20. The number of hydrogen-bond donors (Lipinski definition) is 2. The van der Waals surface area contributed by atoms with E-state index in [1.807, 2.05) is 31.2 Å². The largest absolute Gasteiger partial charge is 0.337 e. The number of unbranched alkanes of at least 4 members (excludes halogenated alkanes) is 1. The number of carbonyl (C=O) groups excluding carboxylic acids is 1. The molecule has 0 heterocycles. The molecule has 2 amide bonds. The van der Waals surface area contributed by atoms with Gasteiger partial charge in [0.2, 0.25) is 0 Å². The molecule has 16 heavy (non-hydrogen) atoms. The van der Waals surface area contributed by atoms with Crippen molar-refractivity contribution in [3.63, 3.8) is 0 Å². The van der Waals surface area contributed by atoms with Crippen LogP contribution in [0.3, 0.4) is 0 Å². The molecule has 1 aromatic rings. The standard InChI is InChI=1S/C12H18N2OS/c1-3-4-8-13-12(15)14-16-11-7-5-6-10(2)9-11/h5-7,9H,3-4,8H2,1-2H3,(H2,13,14,15). The third kappa shape index (κ3) is 5.07. The van der Waals surface area contributed by atoms with Crippen molar-refractivity contribution in [2.45, 2.75) is 31.6 Å². The molecule has 3 nitrogen and oxygen atoms in total. The van der Waals surface area contributed by atoms with Crippen molar-refractivity contribution in [2.24, 2.45) is 0 Å². The van der Waals surface area contributed by atoms with E-state index < -0.39 is 0 Å². The molecule has 0 aliphatic rings. The molecule has 0 atom stereocenters. The monoisotopic (exact) mass is 238 g/mol. The van der Waals surface area contributed by atoms with Crippen LogP contribution in [0.1, 0.15) is 25.3 Å². The second-order valence-electron chi connectivity index (χ2n) is 3.63. The Bertz CT molecular complexity index is 342. The molecule has 2 N–H and O–H groups in total. The van der Waals surface area contributed by atoms with Crippen molar-refractivity contribution in [3.05, 3.63) is 29.8 Å². The summed E-state index contributed by atoms with van der Waals surface area (Å²) in [7, 11) is 0. The van der Waals surface area contributed by atoms with Gasteiger partial charge in [-0.15, -0.1) is 0 Å². The highest BCUT2D eigenvalue weighted by Crippen LogP contribution is 2.15. The third-order valence-corrected chi connectivity index (χ3v) is 2.84. The molecule has 0 saturated heterocycles. The summed E-state index contributed by atoms with van der Waals surface area (Å²) in [6.07, 6.45) is 2.10. The molecule has 0 spiro atoms. The SMILES string of the molecule is CCCCNC(=O)NSc1cccc(C)c1. The van der Waals surface area contributed by atoms with Gasteiger partial charge in [-0.25, -0.2) is 4.79 Å². The van der Waals surface area contributed by atoms with Crippen LogP contribution in [0.25, 0.3) is 0 Å².